The summed E-state index contributed by atoms with van der Waals surface area (Å²) in [6.45, 7) is 6.74. The van der Waals surface area contributed by atoms with E-state index in [4.69, 9.17) is 32.8 Å². The van der Waals surface area contributed by atoms with Gasteiger partial charge in [-0.05, 0) is 137 Å². The van der Waals surface area contributed by atoms with Gasteiger partial charge in [0, 0.05) is 66.4 Å². The van der Waals surface area contributed by atoms with Crippen LogP contribution in [0.1, 0.15) is 111 Å². The first-order chi connectivity index (χ1) is 45.5. The van der Waals surface area contributed by atoms with Crippen molar-refractivity contribution in [3.05, 3.63) is 101 Å². The highest BCUT2D eigenvalue weighted by Crippen LogP contribution is 2.55. The van der Waals surface area contributed by atoms with Gasteiger partial charge < -0.3 is 44.5 Å². The summed E-state index contributed by atoms with van der Waals surface area (Å²) in [5.74, 6) is 0.269. The average Bonchev–Trinajstić information content (AvgIpc) is 1.29. The molecule has 0 radical (unpaired) electrons. The molecule has 3 fully saturated rings. The number of halogens is 10. The number of anilines is 1. The molecule has 7 rings (SSSR count). The number of hydrogen-bond acceptors (Lipinski definition) is 19. The molecule has 3 aliphatic heterocycles. The second-order valence-electron chi connectivity index (χ2n) is 26.6. The molecule has 0 saturated carbocycles. The number of nitrogens with zero attached hydrogens (tertiary/aromatic N) is 6. The molecule has 2 aromatic carbocycles. The second kappa shape index (κ2) is 31.2. The number of hydrogen-bond donors (Lipinski definition) is 4. The van der Waals surface area contributed by atoms with Crippen LogP contribution in [0.25, 0.3) is 11.3 Å². The topological polar surface area (TPSA) is 265 Å². The summed E-state index contributed by atoms with van der Waals surface area (Å²) in [5.41, 5.74) is -7.74. The lowest BCUT2D eigenvalue weighted by molar-refractivity contribution is -0.221. The molecule has 98 heavy (non-hydrogen) atoms. The predicted molar refractivity (Wildman–Crippen MR) is 330 cm³/mol. The maximum atomic E-state index is 16.6. The molecule has 3 saturated heterocycles. The molecule has 4 aromatic rings. The Labute approximate surface area is 558 Å². The number of rotatable bonds is 25. The van der Waals surface area contributed by atoms with Crippen molar-refractivity contribution < 1.29 is 110 Å². The van der Waals surface area contributed by atoms with E-state index in [2.05, 4.69) is 41.5 Å². The quantitative estimate of drug-likeness (QED) is 0.00914. The number of benzene rings is 2. The standard InChI is InChI=1S/C63H79F10N10O14P/c1-58(2,3)96-98(89,97-59(4,5)6)94-35-93-57(88)95-48(32-81(79-53(85)51(77-56(87)91-12)61(9,10)63(71,72)73)31-43-44(64)26-39(27-45(43)65)46-23-24-82(78-46)54(66)67)47(75-52(84)50(76-55(86)90-11)60(7,8)62(68,69)70)25-37-16-13-36(14-17-37)15-18-38-19-22-49(74-28-38)80-29-40-20-21-41(30-80)83(40)42-33-92-34-42/h13-14,16-17,19,22-24,26-28,40-42,47-48,50-51,54H,20-21,25,29-35H2,1-12H3,(H,75,84)(H,76,86)(H,77,87)(H,79,85)/t40?,41?,47-,48-,50+,51+/m0/s1. The van der Waals surface area contributed by atoms with Crippen LogP contribution in [0.3, 0.4) is 0 Å². The van der Waals surface area contributed by atoms with Crippen LogP contribution in [0.5, 0.6) is 0 Å². The number of carbonyl (C=O) groups is 5. The summed E-state index contributed by atoms with van der Waals surface area (Å²) >= 11 is 0. The highest BCUT2D eigenvalue weighted by Gasteiger charge is 2.58. The number of carbonyl (C=O) groups excluding carboxylic acids is 5. The SMILES string of the molecule is COC(=O)N[C@H](C(=O)N[C@@H](Cc1ccc(C#Cc2ccc(N3CC4CCC(C3)N4C3COC3)nc2)cc1)[C@H](CN(Cc1c(F)cc(-c2ccn(C(F)F)n2)cc1F)NC(=O)[C@@H](NC(=O)OC)C(C)(C)C(F)(F)F)OC(=O)OCOP(=O)(OC(C)(C)C)OC(C)(C)C)C(C)(C)C(F)(F)F. The number of phosphoric acid groups is 1. The molecule has 2 unspecified atom stereocenters. The number of ether oxygens (including phenoxy) is 5. The minimum atomic E-state index is -5.34. The number of piperazine rings is 1. The van der Waals surface area contributed by atoms with E-state index in [0.717, 1.165) is 71.4 Å². The summed E-state index contributed by atoms with van der Waals surface area (Å²) in [6.07, 6.45) is -14.1. The Kier molecular flexibility index (Phi) is 24.7. The van der Waals surface area contributed by atoms with Crippen molar-refractivity contribution in [3.63, 3.8) is 0 Å². The number of amides is 4. The smallest absolute Gasteiger partial charge is 0.453 e. The van der Waals surface area contributed by atoms with E-state index < -0.39 is 152 Å². The van der Waals surface area contributed by atoms with E-state index in [1.165, 1.54) is 65.8 Å². The number of hydrazine groups is 1. The molecular weight excluding hydrogens is 1340 g/mol. The summed E-state index contributed by atoms with van der Waals surface area (Å²) in [4.78, 5) is 78.5. The molecule has 4 N–H and O–H groups in total. The lowest BCUT2D eigenvalue weighted by Crippen LogP contribution is -2.64. The molecule has 35 heteroatoms. The fourth-order valence-electron chi connectivity index (χ4n) is 10.8. The van der Waals surface area contributed by atoms with E-state index in [9.17, 15) is 50.5 Å². The fraction of sp³-hybridized carbons (Fsp3) is 0.571. The Hall–Kier alpha value is -7.80. The van der Waals surface area contributed by atoms with Gasteiger partial charge in [0.2, 0.25) is 12.7 Å². The van der Waals surface area contributed by atoms with Gasteiger partial charge in [0.05, 0.1) is 73.8 Å². The number of fused-ring (bicyclic) bond motifs is 2. The molecule has 4 amide bonds. The maximum absolute atomic E-state index is 16.6. The number of alkyl halides is 8. The van der Waals surface area contributed by atoms with E-state index in [-0.39, 0.29) is 15.9 Å². The van der Waals surface area contributed by atoms with Gasteiger partial charge in [0.25, 0.3) is 5.91 Å². The molecule has 3 aliphatic rings. The highest BCUT2D eigenvalue weighted by atomic mass is 31.2. The van der Waals surface area contributed by atoms with Crippen molar-refractivity contribution in [1.82, 2.24) is 46.0 Å². The second-order valence-corrected chi connectivity index (χ2v) is 28.1. The van der Waals surface area contributed by atoms with Crippen molar-refractivity contribution in [3.8, 4) is 23.1 Å². The predicted octanol–water partition coefficient (Wildman–Crippen LogP) is 10.5. The van der Waals surface area contributed by atoms with E-state index in [1.54, 1.807) is 17.6 Å². The summed E-state index contributed by atoms with van der Waals surface area (Å²) in [6, 6.07) is 5.46. The van der Waals surface area contributed by atoms with Gasteiger partial charge in [-0.1, -0.05) is 24.0 Å². The zero-order valence-electron chi connectivity index (χ0n) is 55.7. The minimum absolute atomic E-state index is 0.134. The van der Waals surface area contributed by atoms with Crippen LogP contribution in [0, 0.1) is 34.3 Å². The van der Waals surface area contributed by atoms with Crippen LogP contribution in [0.2, 0.25) is 0 Å². The number of phosphoric ester groups is 1. The van der Waals surface area contributed by atoms with Crippen LogP contribution in [-0.4, -0.2) is 175 Å². The largest absolute Gasteiger partial charge is 0.510 e. The third-order valence-electron chi connectivity index (χ3n) is 16.2. The lowest BCUT2D eigenvalue weighted by atomic mass is 9.82. The van der Waals surface area contributed by atoms with E-state index >= 15 is 22.0 Å². The Morgan fingerprint density at radius 2 is 1.26 bits per heavy atom. The summed E-state index contributed by atoms with van der Waals surface area (Å²) in [5, 5.41) is 9.99. The van der Waals surface area contributed by atoms with E-state index in [1.807, 2.05) is 16.8 Å². The number of pyridine rings is 1. The monoisotopic (exact) mass is 1420 g/mol. The summed E-state index contributed by atoms with van der Waals surface area (Å²) < 4.78 is 206. The molecule has 0 spiro atoms. The lowest BCUT2D eigenvalue weighted by Gasteiger charge is -2.47. The van der Waals surface area contributed by atoms with Crippen LogP contribution in [0.4, 0.5) is 64.1 Å². The van der Waals surface area contributed by atoms with Crippen LogP contribution in [-0.2, 0) is 64.4 Å². The maximum Gasteiger partial charge on any atom is 0.510 e. The molecule has 0 aliphatic carbocycles. The number of alkyl carbamates (subject to hydrolysis) is 2. The Morgan fingerprint density at radius 1 is 0.724 bits per heavy atom. The molecule has 24 nitrogen and oxygen atoms in total. The highest BCUT2D eigenvalue weighted by molar-refractivity contribution is 7.48. The van der Waals surface area contributed by atoms with Gasteiger partial charge in [0.15, 0.2) is 0 Å². The number of nitrogens with one attached hydrogen (secondary N) is 4. The first-order valence-electron chi connectivity index (χ1n) is 30.7. The third-order valence-corrected chi connectivity index (χ3v) is 18.1. The van der Waals surface area contributed by atoms with Crippen LogP contribution in [0.15, 0.2) is 67.0 Å². The molecule has 2 bridgehead atoms. The minimum Gasteiger partial charge on any atom is -0.453 e. The normalized spacial score (nSPS) is 17.8. The average molecular weight is 1420 g/mol. The van der Waals surface area contributed by atoms with Crippen LogP contribution < -0.4 is 26.3 Å². The molecule has 2 aromatic heterocycles. The van der Waals surface area contributed by atoms with E-state index in [0.29, 0.717) is 74.1 Å². The van der Waals surface area contributed by atoms with Crippen molar-refractivity contribution in [1.29, 1.82) is 0 Å². The van der Waals surface area contributed by atoms with Gasteiger partial charge in [0.1, 0.15) is 35.6 Å². The van der Waals surface area contributed by atoms with Gasteiger partial charge in [-0.3, -0.25) is 29.0 Å². The zero-order chi connectivity index (χ0) is 72.7. The van der Waals surface area contributed by atoms with Gasteiger partial charge in [-0.15, -0.1) is 0 Å². The van der Waals surface area contributed by atoms with Crippen molar-refractivity contribution in [2.24, 2.45) is 10.8 Å². The Bertz CT molecular complexity index is 3520. The van der Waals surface area contributed by atoms with Gasteiger partial charge >= 0.3 is 45.1 Å². The fourth-order valence-corrected chi connectivity index (χ4v) is 12.5. The molecule has 5 heterocycles. The third kappa shape index (κ3) is 20.2. The first-order valence-corrected chi connectivity index (χ1v) is 32.1. The Balaban J connectivity index is 1.32. The van der Waals surface area contributed by atoms with Crippen molar-refractivity contribution >= 4 is 43.8 Å². The van der Waals surface area contributed by atoms with Crippen molar-refractivity contribution in [2.45, 2.75) is 168 Å². The molecular formula is C63H79F10N10O14P. The Morgan fingerprint density at radius 3 is 1.72 bits per heavy atom. The first kappa shape index (κ1) is 77.6. The number of methoxy groups -OCH3 is 2. The zero-order valence-corrected chi connectivity index (χ0v) is 56.6. The van der Waals surface area contributed by atoms with Gasteiger partial charge in [-0.2, -0.15) is 40.2 Å². The molecule has 6 atom stereocenters. The number of aromatic nitrogens is 3. The van der Waals surface area contributed by atoms with Crippen molar-refractivity contribution in [2.75, 3.05) is 58.8 Å². The van der Waals surface area contributed by atoms with Crippen LogP contribution >= 0.6 is 7.82 Å². The summed E-state index contributed by atoms with van der Waals surface area (Å²) in [7, 11) is -3.20. The van der Waals surface area contributed by atoms with Gasteiger partial charge in [-0.25, -0.2) is 46.9 Å². The molecule has 540 valence electrons.